The Bertz CT molecular complexity index is 752. The van der Waals surface area contributed by atoms with E-state index < -0.39 is 0 Å². The molecule has 0 spiro atoms. The molecule has 24 heavy (non-hydrogen) atoms. The van der Waals surface area contributed by atoms with Crippen LogP contribution in [0.3, 0.4) is 0 Å². The number of aromatic nitrogens is 1. The second-order valence-electron chi connectivity index (χ2n) is 7.33. The number of amides is 1. The zero-order chi connectivity index (χ0) is 17.3. The molecule has 0 saturated carbocycles. The average molecular weight is 323 g/mol. The number of rotatable bonds is 3. The zero-order valence-corrected chi connectivity index (χ0v) is 14.8. The smallest absolute Gasteiger partial charge is 0.251 e. The summed E-state index contributed by atoms with van der Waals surface area (Å²) in [7, 11) is 3.84. The molecule has 1 atom stereocenters. The molecule has 3 rings (SSSR count). The van der Waals surface area contributed by atoms with Crippen molar-refractivity contribution in [2.75, 3.05) is 19.0 Å². The van der Waals surface area contributed by atoms with Gasteiger partial charge in [0.15, 0.2) is 0 Å². The Morgan fingerprint density at radius 3 is 2.75 bits per heavy atom. The van der Waals surface area contributed by atoms with Crippen LogP contribution in [0.4, 0.5) is 5.82 Å². The lowest BCUT2D eigenvalue weighted by atomic mass is 9.71. The zero-order valence-electron chi connectivity index (χ0n) is 14.8. The summed E-state index contributed by atoms with van der Waals surface area (Å²) < 4.78 is 0. The Morgan fingerprint density at radius 1 is 1.25 bits per heavy atom. The monoisotopic (exact) mass is 323 g/mol. The van der Waals surface area contributed by atoms with Gasteiger partial charge in [0, 0.05) is 25.9 Å². The summed E-state index contributed by atoms with van der Waals surface area (Å²) in [5.74, 6) is 0.743. The number of anilines is 1. The summed E-state index contributed by atoms with van der Waals surface area (Å²) in [4.78, 5) is 18.9. The van der Waals surface area contributed by atoms with Gasteiger partial charge in [-0.25, -0.2) is 4.98 Å². The number of nitrogens with zero attached hydrogens (tertiary/aromatic N) is 2. The van der Waals surface area contributed by atoms with Crippen LogP contribution in [-0.4, -0.2) is 25.0 Å². The first kappa shape index (κ1) is 16.5. The van der Waals surface area contributed by atoms with Gasteiger partial charge in [-0.3, -0.25) is 4.79 Å². The van der Waals surface area contributed by atoms with Gasteiger partial charge in [-0.15, -0.1) is 0 Å². The number of hydrogen-bond donors (Lipinski definition) is 1. The van der Waals surface area contributed by atoms with Crippen molar-refractivity contribution in [1.82, 2.24) is 10.3 Å². The maximum Gasteiger partial charge on any atom is 0.251 e. The van der Waals surface area contributed by atoms with Gasteiger partial charge in [-0.05, 0) is 41.5 Å². The van der Waals surface area contributed by atoms with Crippen LogP contribution in [-0.2, 0) is 5.41 Å². The molecule has 0 saturated heterocycles. The molecule has 0 fully saturated rings. The minimum absolute atomic E-state index is 0.0417. The summed E-state index contributed by atoms with van der Waals surface area (Å²) in [6, 6.07) is 12.1. The molecule has 1 aliphatic rings. The van der Waals surface area contributed by atoms with E-state index in [9.17, 15) is 4.79 Å². The number of fused-ring (bicyclic) bond motifs is 1. The Morgan fingerprint density at radius 2 is 2.00 bits per heavy atom. The molecular formula is C20H25N3O. The summed E-state index contributed by atoms with van der Waals surface area (Å²) in [5, 5.41) is 3.21. The second-order valence-corrected chi connectivity index (χ2v) is 7.33. The molecule has 1 aliphatic carbocycles. The van der Waals surface area contributed by atoms with Crippen molar-refractivity contribution in [3.8, 4) is 0 Å². The van der Waals surface area contributed by atoms with Crippen LogP contribution in [0.5, 0.6) is 0 Å². The fraction of sp³-hybridized carbons (Fsp3) is 0.400. The summed E-state index contributed by atoms with van der Waals surface area (Å²) in [6.07, 6.45) is 3.71. The first-order valence-corrected chi connectivity index (χ1v) is 8.42. The van der Waals surface area contributed by atoms with E-state index in [2.05, 4.69) is 48.4 Å². The van der Waals surface area contributed by atoms with E-state index in [1.165, 1.54) is 11.1 Å². The molecule has 1 N–H and O–H groups in total. The van der Waals surface area contributed by atoms with Crippen molar-refractivity contribution < 1.29 is 4.79 Å². The quantitative estimate of drug-likeness (QED) is 0.937. The molecule has 1 amide bonds. The molecule has 1 heterocycles. The van der Waals surface area contributed by atoms with Crippen molar-refractivity contribution in [1.29, 1.82) is 0 Å². The Labute approximate surface area is 143 Å². The van der Waals surface area contributed by atoms with Crippen molar-refractivity contribution in [2.45, 2.75) is 38.1 Å². The fourth-order valence-electron chi connectivity index (χ4n) is 3.41. The number of carbonyl (C=O) groups is 1. The highest BCUT2D eigenvalue weighted by Crippen LogP contribution is 2.41. The first-order valence-electron chi connectivity index (χ1n) is 8.42. The lowest BCUT2D eigenvalue weighted by Gasteiger charge is -2.37. The molecule has 126 valence electrons. The fourth-order valence-corrected chi connectivity index (χ4v) is 3.41. The van der Waals surface area contributed by atoms with Gasteiger partial charge in [0.25, 0.3) is 5.91 Å². The third-order valence-corrected chi connectivity index (χ3v) is 4.89. The van der Waals surface area contributed by atoms with E-state index in [4.69, 9.17) is 0 Å². The average Bonchev–Trinajstić information content (AvgIpc) is 2.58. The third-order valence-electron chi connectivity index (χ3n) is 4.89. The number of nitrogens with one attached hydrogen (secondary N) is 1. The van der Waals surface area contributed by atoms with E-state index in [1.54, 1.807) is 12.3 Å². The van der Waals surface area contributed by atoms with Crippen LogP contribution >= 0.6 is 0 Å². The topological polar surface area (TPSA) is 45.2 Å². The van der Waals surface area contributed by atoms with E-state index in [-0.39, 0.29) is 17.4 Å². The first-order chi connectivity index (χ1) is 11.4. The SMILES string of the molecule is CN(C)c1cc(C(=O)N[C@H]2CCC(C)(C)c3ccccc32)ccn1. The van der Waals surface area contributed by atoms with Crippen molar-refractivity contribution in [3.05, 3.63) is 59.3 Å². The van der Waals surface area contributed by atoms with E-state index in [0.717, 1.165) is 18.7 Å². The van der Waals surface area contributed by atoms with E-state index in [0.29, 0.717) is 5.56 Å². The Kier molecular flexibility index (Phi) is 4.31. The highest BCUT2D eigenvalue weighted by Gasteiger charge is 2.33. The number of benzene rings is 1. The number of pyridine rings is 1. The molecule has 0 bridgehead atoms. The normalized spacial score (nSPS) is 18.6. The maximum atomic E-state index is 12.7. The summed E-state index contributed by atoms with van der Waals surface area (Å²) in [5.41, 5.74) is 3.39. The molecule has 4 nitrogen and oxygen atoms in total. The van der Waals surface area contributed by atoms with Gasteiger partial charge in [0.05, 0.1) is 6.04 Å². The predicted molar refractivity (Wildman–Crippen MR) is 97.5 cm³/mol. The highest BCUT2D eigenvalue weighted by atomic mass is 16.1. The molecule has 0 aliphatic heterocycles. The number of carbonyl (C=O) groups excluding carboxylic acids is 1. The molecule has 0 unspecified atom stereocenters. The van der Waals surface area contributed by atoms with Gasteiger partial charge in [-0.2, -0.15) is 0 Å². The molecule has 4 heteroatoms. The summed E-state index contributed by atoms with van der Waals surface area (Å²) >= 11 is 0. The standard InChI is InChI=1S/C20H25N3O/c1-20(2)11-9-17(15-7-5-6-8-16(15)20)22-19(24)14-10-12-21-18(13-14)23(3)4/h5-8,10,12-13,17H,9,11H2,1-4H3,(H,22,24)/t17-/m0/s1. The van der Waals surface area contributed by atoms with Gasteiger partial charge in [0.2, 0.25) is 0 Å². The lowest BCUT2D eigenvalue weighted by Crippen LogP contribution is -2.35. The van der Waals surface area contributed by atoms with Gasteiger partial charge in [0.1, 0.15) is 5.82 Å². The van der Waals surface area contributed by atoms with Crippen molar-refractivity contribution >= 4 is 11.7 Å². The van der Waals surface area contributed by atoms with Crippen LogP contribution < -0.4 is 10.2 Å². The second kappa shape index (κ2) is 6.27. The summed E-state index contributed by atoms with van der Waals surface area (Å²) in [6.45, 7) is 4.55. The third kappa shape index (κ3) is 3.14. The maximum absolute atomic E-state index is 12.7. The van der Waals surface area contributed by atoms with Crippen LogP contribution in [0, 0.1) is 0 Å². The van der Waals surface area contributed by atoms with Crippen molar-refractivity contribution in [2.24, 2.45) is 0 Å². The predicted octanol–water partition coefficient (Wildman–Crippen LogP) is 3.69. The molecule has 1 aromatic carbocycles. The molecule has 0 radical (unpaired) electrons. The largest absolute Gasteiger partial charge is 0.363 e. The number of hydrogen-bond acceptors (Lipinski definition) is 3. The Balaban J connectivity index is 1.84. The highest BCUT2D eigenvalue weighted by molar-refractivity contribution is 5.95. The van der Waals surface area contributed by atoms with Crippen LogP contribution in [0.1, 0.15) is 54.2 Å². The van der Waals surface area contributed by atoms with Gasteiger partial charge >= 0.3 is 0 Å². The van der Waals surface area contributed by atoms with Crippen molar-refractivity contribution in [3.63, 3.8) is 0 Å². The van der Waals surface area contributed by atoms with Crippen LogP contribution in [0.2, 0.25) is 0 Å². The van der Waals surface area contributed by atoms with Gasteiger partial charge in [-0.1, -0.05) is 38.1 Å². The Hall–Kier alpha value is -2.36. The van der Waals surface area contributed by atoms with Crippen LogP contribution in [0.15, 0.2) is 42.6 Å². The van der Waals surface area contributed by atoms with Gasteiger partial charge < -0.3 is 10.2 Å². The molecule has 1 aromatic heterocycles. The van der Waals surface area contributed by atoms with E-state index in [1.807, 2.05) is 25.1 Å². The molecule has 2 aromatic rings. The minimum Gasteiger partial charge on any atom is -0.363 e. The molecular weight excluding hydrogens is 298 g/mol. The van der Waals surface area contributed by atoms with E-state index >= 15 is 0 Å². The minimum atomic E-state index is -0.0417. The lowest BCUT2D eigenvalue weighted by molar-refractivity contribution is 0.0929. The van der Waals surface area contributed by atoms with Crippen LogP contribution in [0.25, 0.3) is 0 Å².